The lowest BCUT2D eigenvalue weighted by Crippen LogP contribution is -2.09. The van der Waals surface area contributed by atoms with Crippen molar-refractivity contribution in [3.63, 3.8) is 0 Å². The quantitative estimate of drug-likeness (QED) is 0.160. The van der Waals surface area contributed by atoms with Crippen LogP contribution in [0.2, 0.25) is 0 Å². The normalized spacial score (nSPS) is 11.7. The fourth-order valence-electron chi connectivity index (χ4n) is 10.1. The lowest BCUT2D eigenvalue weighted by atomic mass is 9.98. The van der Waals surface area contributed by atoms with Crippen molar-refractivity contribution in [2.75, 3.05) is 4.90 Å². The molecule has 3 heteroatoms. The number of pyridine rings is 1. The van der Waals surface area contributed by atoms with E-state index in [0.29, 0.717) is 0 Å². The summed E-state index contributed by atoms with van der Waals surface area (Å²) < 4.78 is 9.04. The fraction of sp³-hybridized carbons (Fsp3) is 0. The smallest absolute Gasteiger partial charge is 0.137 e. The summed E-state index contributed by atoms with van der Waals surface area (Å²) in [6.45, 7) is 0. The van der Waals surface area contributed by atoms with E-state index in [-0.39, 0.29) is 0 Å². The van der Waals surface area contributed by atoms with Crippen LogP contribution in [-0.2, 0) is 0 Å². The van der Waals surface area contributed by atoms with Gasteiger partial charge in [0.2, 0.25) is 0 Å². The SMILES string of the molecule is c1ccc(-c2ccc(N(c3ccc(-c4ccc(-c5cccc6ccc7c(-c8ccccc8)c8ccccc8n7c56)cc4)cc3)c3ccc4c(c3)oc3ccc5ccccc5c34)cc2)cc1. The summed E-state index contributed by atoms with van der Waals surface area (Å²) in [5.41, 5.74) is 18.1. The maximum absolute atomic E-state index is 6.57. The van der Waals surface area contributed by atoms with Crippen molar-refractivity contribution in [1.29, 1.82) is 0 Å². The zero-order valence-electron chi connectivity index (χ0n) is 35.4. The third-order valence-corrected chi connectivity index (χ3v) is 13.2. The zero-order valence-corrected chi connectivity index (χ0v) is 35.4. The molecule has 0 fully saturated rings. The molecule has 0 aliphatic carbocycles. The molecule has 0 amide bonds. The maximum atomic E-state index is 6.57. The van der Waals surface area contributed by atoms with Crippen LogP contribution in [0.4, 0.5) is 17.1 Å². The topological polar surface area (TPSA) is 20.8 Å². The maximum Gasteiger partial charge on any atom is 0.137 e. The van der Waals surface area contributed by atoms with Gasteiger partial charge in [-0.3, -0.25) is 0 Å². The summed E-state index contributed by atoms with van der Waals surface area (Å²) in [5, 5.41) is 7.15. The molecule has 0 aliphatic rings. The number of anilines is 3. The van der Waals surface area contributed by atoms with Crippen LogP contribution < -0.4 is 4.90 Å². The van der Waals surface area contributed by atoms with Crippen LogP contribution in [0.3, 0.4) is 0 Å². The number of furan rings is 1. The van der Waals surface area contributed by atoms with Crippen molar-refractivity contribution >= 4 is 77.1 Å². The number of hydrogen-bond acceptors (Lipinski definition) is 2. The molecule has 304 valence electrons. The van der Waals surface area contributed by atoms with Crippen LogP contribution in [0.1, 0.15) is 0 Å². The van der Waals surface area contributed by atoms with Gasteiger partial charge in [0, 0.05) is 50.4 Å². The Kier molecular flexibility index (Phi) is 8.53. The standard InChI is InChI=1S/C62H40N2O/c1-3-12-41(13-4-1)43-26-32-49(33-27-43)63(51-36-37-55-59(40-51)65-58-39-31-45-14-7-8-18-52(45)61(55)58)50-34-28-44(29-35-50)42-22-24-46(25-23-42)53-20-11-17-48-30-38-57-60(47-15-5-2-6-16-47)54-19-9-10-21-56(54)64(57)62(48)53/h1-40H. The Balaban J connectivity index is 0.882. The van der Waals surface area contributed by atoms with Gasteiger partial charge in [-0.05, 0) is 104 Å². The molecule has 13 rings (SSSR count). The average Bonchev–Trinajstić information content (AvgIpc) is 3.93. The number of fused-ring (bicyclic) bond motifs is 10. The predicted molar refractivity (Wildman–Crippen MR) is 274 cm³/mol. The number of rotatable bonds is 7. The molecule has 13 aromatic rings. The Morgan fingerprint density at radius 3 is 1.60 bits per heavy atom. The monoisotopic (exact) mass is 828 g/mol. The largest absolute Gasteiger partial charge is 0.456 e. The fourth-order valence-corrected chi connectivity index (χ4v) is 10.1. The predicted octanol–water partition coefficient (Wildman–Crippen LogP) is 17.4. The first-order chi connectivity index (χ1) is 32.2. The van der Waals surface area contributed by atoms with Crippen molar-refractivity contribution in [1.82, 2.24) is 4.40 Å². The Labute approximate surface area is 376 Å². The van der Waals surface area contributed by atoms with Gasteiger partial charge >= 0.3 is 0 Å². The van der Waals surface area contributed by atoms with E-state index in [1.165, 1.54) is 71.5 Å². The van der Waals surface area contributed by atoms with E-state index in [2.05, 4.69) is 252 Å². The molecule has 0 N–H and O–H groups in total. The molecular formula is C62H40N2O. The third kappa shape index (κ3) is 6.12. The summed E-state index contributed by atoms with van der Waals surface area (Å²) in [6, 6.07) is 87.5. The van der Waals surface area contributed by atoms with E-state index in [1.54, 1.807) is 0 Å². The first kappa shape index (κ1) is 36.9. The minimum absolute atomic E-state index is 0.866. The highest BCUT2D eigenvalue weighted by Gasteiger charge is 2.19. The molecule has 0 radical (unpaired) electrons. The first-order valence-electron chi connectivity index (χ1n) is 22.2. The number of aromatic nitrogens is 1. The molecule has 3 nitrogen and oxygen atoms in total. The van der Waals surface area contributed by atoms with E-state index in [0.717, 1.165) is 50.1 Å². The highest BCUT2D eigenvalue weighted by atomic mass is 16.3. The van der Waals surface area contributed by atoms with Gasteiger partial charge in [-0.2, -0.15) is 0 Å². The molecule has 0 spiro atoms. The van der Waals surface area contributed by atoms with E-state index >= 15 is 0 Å². The summed E-state index contributed by atoms with van der Waals surface area (Å²) in [5.74, 6) is 0. The second-order valence-corrected chi connectivity index (χ2v) is 16.9. The lowest BCUT2D eigenvalue weighted by Gasteiger charge is -2.26. The molecule has 65 heavy (non-hydrogen) atoms. The van der Waals surface area contributed by atoms with Gasteiger partial charge < -0.3 is 13.7 Å². The van der Waals surface area contributed by atoms with Crippen molar-refractivity contribution in [2.24, 2.45) is 0 Å². The lowest BCUT2D eigenvalue weighted by molar-refractivity contribution is 0.669. The Hall–Kier alpha value is -8.66. The Morgan fingerprint density at radius 1 is 0.323 bits per heavy atom. The molecule has 0 saturated carbocycles. The minimum atomic E-state index is 0.866. The zero-order chi connectivity index (χ0) is 42.8. The van der Waals surface area contributed by atoms with Gasteiger partial charge in [-0.25, -0.2) is 0 Å². The number of hydrogen-bond donors (Lipinski definition) is 0. The Morgan fingerprint density at radius 2 is 0.877 bits per heavy atom. The van der Waals surface area contributed by atoms with Gasteiger partial charge in [-0.15, -0.1) is 0 Å². The summed E-state index contributed by atoms with van der Waals surface area (Å²) in [6.07, 6.45) is 0. The highest BCUT2D eigenvalue weighted by molar-refractivity contribution is 6.19. The van der Waals surface area contributed by atoms with E-state index in [4.69, 9.17) is 4.42 Å². The molecule has 0 bridgehead atoms. The van der Waals surface area contributed by atoms with Crippen molar-refractivity contribution in [2.45, 2.75) is 0 Å². The molecule has 3 aromatic heterocycles. The molecule has 10 aromatic carbocycles. The van der Waals surface area contributed by atoms with E-state index in [9.17, 15) is 0 Å². The third-order valence-electron chi connectivity index (χ3n) is 13.2. The summed E-state index contributed by atoms with van der Waals surface area (Å²) in [4.78, 5) is 2.32. The van der Waals surface area contributed by atoms with Gasteiger partial charge in [0.25, 0.3) is 0 Å². The van der Waals surface area contributed by atoms with Crippen molar-refractivity contribution < 1.29 is 4.42 Å². The molecule has 0 unspecified atom stereocenters. The second kappa shape index (κ2) is 15.0. The number of para-hydroxylation sites is 2. The Bertz CT molecular complexity index is 3900. The summed E-state index contributed by atoms with van der Waals surface area (Å²) >= 11 is 0. The molecule has 0 atom stereocenters. The van der Waals surface area contributed by atoms with E-state index in [1.807, 2.05) is 0 Å². The van der Waals surface area contributed by atoms with Gasteiger partial charge in [-0.1, -0.05) is 182 Å². The first-order valence-corrected chi connectivity index (χ1v) is 22.2. The van der Waals surface area contributed by atoms with Gasteiger partial charge in [0.15, 0.2) is 0 Å². The van der Waals surface area contributed by atoms with Crippen LogP contribution in [-0.4, -0.2) is 4.40 Å². The molecule has 3 heterocycles. The average molecular weight is 829 g/mol. The van der Waals surface area contributed by atoms with Crippen LogP contribution in [0.25, 0.3) is 105 Å². The van der Waals surface area contributed by atoms with Crippen LogP contribution >= 0.6 is 0 Å². The van der Waals surface area contributed by atoms with E-state index < -0.39 is 0 Å². The second-order valence-electron chi connectivity index (χ2n) is 16.9. The number of nitrogens with zero attached hydrogens (tertiary/aromatic N) is 2. The van der Waals surface area contributed by atoms with Crippen LogP contribution in [0, 0.1) is 0 Å². The van der Waals surface area contributed by atoms with Gasteiger partial charge in [0.05, 0.1) is 16.6 Å². The van der Waals surface area contributed by atoms with Crippen molar-refractivity contribution in [3.05, 3.63) is 243 Å². The van der Waals surface area contributed by atoms with Crippen LogP contribution in [0.15, 0.2) is 247 Å². The van der Waals surface area contributed by atoms with Gasteiger partial charge in [0.1, 0.15) is 11.2 Å². The minimum Gasteiger partial charge on any atom is -0.456 e. The van der Waals surface area contributed by atoms with Crippen LogP contribution in [0.5, 0.6) is 0 Å². The highest BCUT2D eigenvalue weighted by Crippen LogP contribution is 2.43. The number of benzene rings is 10. The summed E-state index contributed by atoms with van der Waals surface area (Å²) in [7, 11) is 0. The molecular weight excluding hydrogens is 789 g/mol. The molecule has 0 aliphatic heterocycles. The van der Waals surface area contributed by atoms with Crippen molar-refractivity contribution in [3.8, 4) is 44.5 Å². The molecule has 0 saturated heterocycles.